The first-order valence-corrected chi connectivity index (χ1v) is 42.8. The maximum Gasteiger partial charge on any atom is 0.472 e. The van der Waals surface area contributed by atoms with Crippen LogP contribution in [0, 0.1) is 0 Å². The molecule has 0 amide bonds. The molecule has 0 spiro atoms. The molecule has 0 radical (unpaired) electrons. The highest BCUT2D eigenvalue weighted by Crippen LogP contribution is 2.45. The highest BCUT2D eigenvalue weighted by Gasteiger charge is 2.30. The van der Waals surface area contributed by atoms with Gasteiger partial charge in [-0.05, 0) is 25.7 Å². The first-order valence-electron chi connectivity index (χ1n) is 39.8. The number of aliphatic hydroxyl groups is 1. The lowest BCUT2D eigenvalue weighted by atomic mass is 10.0. The zero-order valence-corrected chi connectivity index (χ0v) is 63.4. The zero-order chi connectivity index (χ0) is 69.7. The molecule has 0 saturated heterocycles. The van der Waals surface area contributed by atoms with E-state index >= 15 is 0 Å². The van der Waals surface area contributed by atoms with Crippen molar-refractivity contribution in [2.24, 2.45) is 0 Å². The van der Waals surface area contributed by atoms with Gasteiger partial charge in [0.25, 0.3) is 0 Å². The van der Waals surface area contributed by atoms with E-state index in [0.29, 0.717) is 25.7 Å². The SMILES string of the molecule is CCCCCCCCCCCCCCCCCCCC(=O)O[C@H](COC(=O)CCCCCCCCCCCCCCCCC)COP(=O)(O)OC[C@@H](O)COP(=O)(O)OC[C@@H](COC(=O)CCCCCCCCCCC)OC(=O)CCCCCCCCCCCCCCCC. The first kappa shape index (κ1) is 93.1. The normalized spacial score (nSPS) is 13.9. The highest BCUT2D eigenvalue weighted by atomic mass is 31.2. The average Bonchev–Trinajstić information content (AvgIpc) is 2.63. The van der Waals surface area contributed by atoms with Crippen LogP contribution in [-0.2, 0) is 65.4 Å². The number of phosphoric acid groups is 2. The van der Waals surface area contributed by atoms with Gasteiger partial charge in [0, 0.05) is 25.7 Å². The number of unbranched alkanes of at least 4 members (excludes halogenated alkanes) is 51. The van der Waals surface area contributed by atoms with Crippen molar-refractivity contribution < 1.29 is 80.2 Å². The van der Waals surface area contributed by atoms with E-state index in [9.17, 15) is 43.2 Å². The molecule has 0 aliphatic heterocycles. The van der Waals surface area contributed by atoms with Crippen LogP contribution in [0.2, 0.25) is 0 Å². The largest absolute Gasteiger partial charge is 0.472 e. The summed E-state index contributed by atoms with van der Waals surface area (Å²) >= 11 is 0. The van der Waals surface area contributed by atoms with E-state index in [1.807, 2.05) is 0 Å². The molecule has 0 rings (SSSR count). The van der Waals surface area contributed by atoms with Crippen LogP contribution in [0.5, 0.6) is 0 Å². The lowest BCUT2D eigenvalue weighted by Gasteiger charge is -2.21. The van der Waals surface area contributed by atoms with E-state index in [4.69, 9.17) is 37.0 Å². The summed E-state index contributed by atoms with van der Waals surface area (Å²) in [5.41, 5.74) is 0. The third kappa shape index (κ3) is 70.3. The molecular formula is C76H148O17P2. The number of aliphatic hydroxyl groups excluding tert-OH is 1. The van der Waals surface area contributed by atoms with E-state index < -0.39 is 97.5 Å². The molecular weight excluding hydrogens is 1250 g/mol. The molecule has 17 nitrogen and oxygen atoms in total. The van der Waals surface area contributed by atoms with Crippen molar-refractivity contribution in [2.75, 3.05) is 39.6 Å². The summed E-state index contributed by atoms with van der Waals surface area (Å²) in [7, 11) is -9.91. The van der Waals surface area contributed by atoms with Crippen molar-refractivity contribution in [3.8, 4) is 0 Å². The van der Waals surface area contributed by atoms with Crippen LogP contribution in [-0.4, -0.2) is 96.7 Å². The van der Waals surface area contributed by atoms with E-state index in [1.54, 1.807) is 0 Å². The Labute approximate surface area is 581 Å². The summed E-state index contributed by atoms with van der Waals surface area (Å²) in [6.07, 6.45) is 60.9. The zero-order valence-electron chi connectivity index (χ0n) is 61.6. The van der Waals surface area contributed by atoms with Gasteiger partial charge in [-0.3, -0.25) is 37.3 Å². The Balaban J connectivity index is 5.23. The Bertz CT molecular complexity index is 1810. The third-order valence-electron chi connectivity index (χ3n) is 17.9. The summed E-state index contributed by atoms with van der Waals surface area (Å²) in [4.78, 5) is 72.8. The fourth-order valence-electron chi connectivity index (χ4n) is 11.8. The molecule has 0 aromatic carbocycles. The van der Waals surface area contributed by atoms with Crippen molar-refractivity contribution in [1.29, 1.82) is 0 Å². The summed E-state index contributed by atoms with van der Waals surface area (Å²) in [6.45, 7) is 4.99. The van der Waals surface area contributed by atoms with E-state index in [2.05, 4.69) is 27.7 Å². The molecule has 3 N–H and O–H groups in total. The minimum absolute atomic E-state index is 0.108. The van der Waals surface area contributed by atoms with Crippen LogP contribution in [0.1, 0.15) is 407 Å². The number of phosphoric ester groups is 2. The molecule has 0 bridgehead atoms. The second-order valence-electron chi connectivity index (χ2n) is 27.4. The molecule has 0 heterocycles. The maximum absolute atomic E-state index is 13.1. The highest BCUT2D eigenvalue weighted by molar-refractivity contribution is 7.47. The van der Waals surface area contributed by atoms with Gasteiger partial charge in [-0.2, -0.15) is 0 Å². The van der Waals surface area contributed by atoms with Crippen LogP contribution in [0.25, 0.3) is 0 Å². The summed E-state index contributed by atoms with van der Waals surface area (Å²) < 4.78 is 68.5. The molecule has 564 valence electrons. The monoisotopic (exact) mass is 1400 g/mol. The van der Waals surface area contributed by atoms with Gasteiger partial charge in [0.2, 0.25) is 0 Å². The molecule has 0 aromatic heterocycles. The Morgan fingerprint density at radius 1 is 0.253 bits per heavy atom. The molecule has 95 heavy (non-hydrogen) atoms. The predicted octanol–water partition coefficient (Wildman–Crippen LogP) is 22.6. The summed E-state index contributed by atoms with van der Waals surface area (Å²) in [5, 5.41) is 10.6. The first-order chi connectivity index (χ1) is 46.2. The summed E-state index contributed by atoms with van der Waals surface area (Å²) in [6, 6.07) is 0. The molecule has 0 fully saturated rings. The molecule has 0 aliphatic rings. The van der Waals surface area contributed by atoms with Crippen LogP contribution >= 0.6 is 15.6 Å². The number of carbonyl (C=O) groups is 4. The number of hydrogen-bond donors (Lipinski definition) is 3. The van der Waals surface area contributed by atoms with Crippen molar-refractivity contribution in [3.05, 3.63) is 0 Å². The number of esters is 4. The fraction of sp³-hybridized carbons (Fsp3) is 0.947. The van der Waals surface area contributed by atoms with Gasteiger partial charge < -0.3 is 33.8 Å². The minimum Gasteiger partial charge on any atom is -0.462 e. The maximum atomic E-state index is 13.1. The van der Waals surface area contributed by atoms with Crippen molar-refractivity contribution in [1.82, 2.24) is 0 Å². The Morgan fingerprint density at radius 2 is 0.421 bits per heavy atom. The topological polar surface area (TPSA) is 237 Å². The Hall–Kier alpha value is -1.94. The van der Waals surface area contributed by atoms with Gasteiger partial charge in [0.1, 0.15) is 19.3 Å². The number of ether oxygens (including phenoxy) is 4. The average molecular weight is 1400 g/mol. The van der Waals surface area contributed by atoms with Crippen molar-refractivity contribution >= 4 is 39.5 Å². The molecule has 0 aliphatic carbocycles. The van der Waals surface area contributed by atoms with Crippen molar-refractivity contribution in [3.63, 3.8) is 0 Å². The second-order valence-corrected chi connectivity index (χ2v) is 30.3. The van der Waals surface area contributed by atoms with E-state index in [-0.39, 0.29) is 25.7 Å². The molecule has 0 saturated carbocycles. The standard InChI is InChI=1S/C76H148O17P2/c1-5-9-13-17-21-25-28-31-34-35-37-40-43-47-51-55-59-63-76(81)93-72(67-87-74(79)61-57-53-49-45-41-39-36-32-29-26-22-18-14-10-6-2)69-91-95(84,85)89-65-70(77)64-88-94(82,83)90-68-71(66-86-73(78)60-56-52-48-44-24-20-16-12-8-4)92-75(80)62-58-54-50-46-42-38-33-30-27-23-19-15-11-7-3/h70-72,77H,5-69H2,1-4H3,(H,82,83)(H,84,85)/t70-,71+,72+/m0/s1. The second kappa shape index (κ2) is 70.5. The molecule has 5 atom stereocenters. The fourth-order valence-corrected chi connectivity index (χ4v) is 13.3. The number of hydrogen-bond acceptors (Lipinski definition) is 15. The molecule has 19 heteroatoms. The lowest BCUT2D eigenvalue weighted by Crippen LogP contribution is -2.30. The van der Waals surface area contributed by atoms with Gasteiger partial charge in [0.05, 0.1) is 26.4 Å². The van der Waals surface area contributed by atoms with Crippen LogP contribution < -0.4 is 0 Å². The third-order valence-corrected chi connectivity index (χ3v) is 19.8. The van der Waals surface area contributed by atoms with Gasteiger partial charge in [-0.25, -0.2) is 9.13 Å². The van der Waals surface area contributed by atoms with E-state index in [1.165, 1.54) is 238 Å². The molecule has 0 aromatic rings. The quantitative estimate of drug-likeness (QED) is 0.0222. The number of carbonyl (C=O) groups excluding carboxylic acids is 4. The van der Waals surface area contributed by atoms with Gasteiger partial charge in [0.15, 0.2) is 12.2 Å². The lowest BCUT2D eigenvalue weighted by molar-refractivity contribution is -0.161. The molecule has 2 unspecified atom stereocenters. The predicted molar refractivity (Wildman–Crippen MR) is 386 cm³/mol. The Morgan fingerprint density at radius 3 is 0.621 bits per heavy atom. The minimum atomic E-state index is -4.96. The van der Waals surface area contributed by atoms with Crippen LogP contribution in [0.4, 0.5) is 0 Å². The van der Waals surface area contributed by atoms with Crippen molar-refractivity contribution in [2.45, 2.75) is 425 Å². The Kier molecular flexibility index (Phi) is 69.1. The summed E-state index contributed by atoms with van der Waals surface area (Å²) in [5.74, 6) is -2.11. The van der Waals surface area contributed by atoms with E-state index in [0.717, 1.165) is 89.9 Å². The van der Waals surface area contributed by atoms with Gasteiger partial charge in [-0.1, -0.05) is 355 Å². The van der Waals surface area contributed by atoms with Crippen LogP contribution in [0.3, 0.4) is 0 Å². The number of rotatable bonds is 77. The smallest absolute Gasteiger partial charge is 0.462 e. The van der Waals surface area contributed by atoms with Gasteiger partial charge in [-0.15, -0.1) is 0 Å². The van der Waals surface area contributed by atoms with Gasteiger partial charge >= 0.3 is 39.5 Å². The van der Waals surface area contributed by atoms with Crippen LogP contribution in [0.15, 0.2) is 0 Å².